The highest BCUT2D eigenvalue weighted by Crippen LogP contribution is 2.34. The number of hydrogen-bond acceptors (Lipinski definition) is 1. The Bertz CT molecular complexity index is 783. The Labute approximate surface area is 150 Å². The molecule has 0 bridgehead atoms. The van der Waals surface area contributed by atoms with Crippen LogP contribution in [0.15, 0.2) is 42.5 Å². The van der Waals surface area contributed by atoms with Gasteiger partial charge >= 0.3 is 6.18 Å². The number of anilines is 1. The smallest absolute Gasteiger partial charge is 0.321 e. The van der Waals surface area contributed by atoms with E-state index >= 15 is 0 Å². The molecule has 8 heteroatoms. The first-order chi connectivity index (χ1) is 11.2. The van der Waals surface area contributed by atoms with Gasteiger partial charge in [-0.15, -0.1) is 0 Å². The van der Waals surface area contributed by atoms with Crippen molar-refractivity contribution in [3.63, 3.8) is 0 Å². The molecule has 24 heavy (non-hydrogen) atoms. The van der Waals surface area contributed by atoms with Crippen LogP contribution in [0.5, 0.6) is 0 Å². The van der Waals surface area contributed by atoms with Crippen molar-refractivity contribution in [3.05, 3.63) is 68.7 Å². The summed E-state index contributed by atoms with van der Waals surface area (Å²) in [7, 11) is 0. The molecule has 2 rings (SSSR count). The summed E-state index contributed by atoms with van der Waals surface area (Å²) < 4.78 is 38.1. The molecular weight excluding hydrogens is 386 g/mol. The lowest BCUT2D eigenvalue weighted by molar-refractivity contribution is -0.137. The van der Waals surface area contributed by atoms with Gasteiger partial charge in [0.05, 0.1) is 16.3 Å². The maximum absolute atomic E-state index is 12.7. The minimum atomic E-state index is -4.54. The number of halogens is 6. The van der Waals surface area contributed by atoms with Gasteiger partial charge < -0.3 is 5.32 Å². The lowest BCUT2D eigenvalue weighted by atomic mass is 10.2. The average Bonchev–Trinajstić information content (AvgIpc) is 2.48. The van der Waals surface area contributed by atoms with Crippen molar-refractivity contribution in [2.24, 2.45) is 0 Å². The molecule has 0 aliphatic rings. The van der Waals surface area contributed by atoms with Crippen LogP contribution in [-0.4, -0.2) is 5.91 Å². The summed E-state index contributed by atoms with van der Waals surface area (Å²) in [5, 5.41) is 2.95. The lowest BCUT2D eigenvalue weighted by Gasteiger charge is -2.10. The fourth-order valence-corrected chi connectivity index (χ4v) is 2.49. The van der Waals surface area contributed by atoms with E-state index < -0.39 is 17.6 Å². The quantitative estimate of drug-likeness (QED) is 0.607. The van der Waals surface area contributed by atoms with Gasteiger partial charge in [-0.3, -0.25) is 4.79 Å². The third-order valence-electron chi connectivity index (χ3n) is 2.95. The number of rotatable bonds is 3. The lowest BCUT2D eigenvalue weighted by Crippen LogP contribution is -2.11. The van der Waals surface area contributed by atoms with Crippen molar-refractivity contribution >= 4 is 52.5 Å². The Kier molecular flexibility index (Phi) is 5.80. The summed E-state index contributed by atoms with van der Waals surface area (Å²) in [5.41, 5.74) is -0.641. The van der Waals surface area contributed by atoms with E-state index in [0.29, 0.717) is 15.6 Å². The number of hydrogen-bond donors (Lipinski definition) is 1. The van der Waals surface area contributed by atoms with Crippen molar-refractivity contribution in [2.45, 2.75) is 6.18 Å². The Balaban J connectivity index is 2.20. The molecule has 2 aromatic rings. The van der Waals surface area contributed by atoms with Crippen LogP contribution in [0.2, 0.25) is 15.1 Å². The van der Waals surface area contributed by atoms with E-state index in [4.69, 9.17) is 34.8 Å². The first-order valence-corrected chi connectivity index (χ1v) is 7.61. The van der Waals surface area contributed by atoms with Gasteiger partial charge in [0, 0.05) is 21.7 Å². The van der Waals surface area contributed by atoms with Gasteiger partial charge in [0.2, 0.25) is 5.91 Å². The van der Waals surface area contributed by atoms with E-state index in [1.54, 1.807) is 18.2 Å². The van der Waals surface area contributed by atoms with Crippen LogP contribution in [-0.2, 0) is 11.0 Å². The Hall–Kier alpha value is -1.69. The molecular formula is C16H9Cl3F3NO. The van der Waals surface area contributed by atoms with Gasteiger partial charge in [-0.1, -0.05) is 40.9 Å². The highest BCUT2D eigenvalue weighted by atomic mass is 35.5. The molecule has 0 aliphatic heterocycles. The predicted molar refractivity (Wildman–Crippen MR) is 90.6 cm³/mol. The minimum absolute atomic E-state index is 0.0134. The van der Waals surface area contributed by atoms with E-state index in [1.807, 2.05) is 0 Å². The third kappa shape index (κ3) is 4.66. The van der Waals surface area contributed by atoms with Gasteiger partial charge in [-0.2, -0.15) is 13.2 Å². The largest absolute Gasteiger partial charge is 0.416 e. The molecule has 0 heterocycles. The molecule has 1 amide bonds. The summed E-state index contributed by atoms with van der Waals surface area (Å²) in [6, 6.07) is 7.48. The summed E-state index contributed by atoms with van der Waals surface area (Å²) in [4.78, 5) is 11.9. The highest BCUT2D eigenvalue weighted by molar-refractivity contribution is 6.37. The normalized spacial score (nSPS) is 11.8. The third-order valence-corrected chi connectivity index (χ3v) is 3.94. The Morgan fingerprint density at radius 1 is 1.00 bits per heavy atom. The zero-order chi connectivity index (χ0) is 17.9. The summed E-state index contributed by atoms with van der Waals surface area (Å²) >= 11 is 17.7. The number of carbonyl (C=O) groups is 1. The first kappa shape index (κ1) is 18.6. The van der Waals surface area contributed by atoms with Crippen LogP contribution >= 0.6 is 34.8 Å². The number of carbonyl (C=O) groups excluding carboxylic acids is 1. The highest BCUT2D eigenvalue weighted by Gasteiger charge is 2.31. The van der Waals surface area contributed by atoms with E-state index in [1.165, 1.54) is 6.08 Å². The Morgan fingerprint density at radius 3 is 2.21 bits per heavy atom. The Morgan fingerprint density at radius 2 is 1.62 bits per heavy atom. The molecule has 0 unspecified atom stereocenters. The second kappa shape index (κ2) is 7.47. The fourth-order valence-electron chi connectivity index (χ4n) is 1.80. The van der Waals surface area contributed by atoms with Crippen LogP contribution in [0.4, 0.5) is 18.9 Å². The summed E-state index contributed by atoms with van der Waals surface area (Å²) in [5.74, 6) is -0.674. The van der Waals surface area contributed by atoms with E-state index in [2.05, 4.69) is 5.32 Å². The van der Waals surface area contributed by atoms with Crippen LogP contribution < -0.4 is 5.32 Å². The molecule has 2 nitrogen and oxygen atoms in total. The zero-order valence-corrected chi connectivity index (χ0v) is 14.1. The standard InChI is InChI=1S/C16H9Cl3F3NO/c17-11-2-1-3-12(18)10(11)5-7-15(24)23-14-8-9(16(20,21)22)4-6-13(14)19/h1-8H,(H,23,24). The molecule has 2 aromatic carbocycles. The van der Waals surface area contributed by atoms with Crippen LogP contribution in [0.1, 0.15) is 11.1 Å². The summed E-state index contributed by atoms with van der Waals surface area (Å²) in [6.07, 6.45) is -2.07. The van der Waals surface area contributed by atoms with Crippen molar-refractivity contribution in [1.29, 1.82) is 0 Å². The van der Waals surface area contributed by atoms with E-state index in [-0.39, 0.29) is 10.7 Å². The number of benzene rings is 2. The zero-order valence-electron chi connectivity index (χ0n) is 11.8. The molecule has 126 valence electrons. The molecule has 0 aromatic heterocycles. The first-order valence-electron chi connectivity index (χ1n) is 6.48. The number of amides is 1. The summed E-state index contributed by atoms with van der Waals surface area (Å²) in [6.45, 7) is 0. The van der Waals surface area contributed by atoms with Gasteiger partial charge in [0.1, 0.15) is 0 Å². The van der Waals surface area contributed by atoms with Crippen molar-refractivity contribution in [1.82, 2.24) is 0 Å². The SMILES string of the molecule is O=C(C=Cc1c(Cl)cccc1Cl)Nc1cc(C(F)(F)F)ccc1Cl. The maximum Gasteiger partial charge on any atom is 0.416 e. The van der Waals surface area contributed by atoms with Crippen LogP contribution in [0, 0.1) is 0 Å². The molecule has 0 aliphatic carbocycles. The molecule has 0 radical (unpaired) electrons. The van der Waals surface area contributed by atoms with Gasteiger partial charge in [-0.25, -0.2) is 0 Å². The van der Waals surface area contributed by atoms with Crippen molar-refractivity contribution in [3.8, 4) is 0 Å². The van der Waals surface area contributed by atoms with E-state index in [0.717, 1.165) is 24.3 Å². The second-order valence-electron chi connectivity index (χ2n) is 4.65. The van der Waals surface area contributed by atoms with Gasteiger partial charge in [0.25, 0.3) is 0 Å². The monoisotopic (exact) mass is 393 g/mol. The molecule has 0 fully saturated rings. The number of nitrogens with one attached hydrogen (secondary N) is 1. The molecule has 0 atom stereocenters. The fraction of sp³-hybridized carbons (Fsp3) is 0.0625. The second-order valence-corrected chi connectivity index (χ2v) is 5.87. The average molecular weight is 395 g/mol. The minimum Gasteiger partial charge on any atom is -0.321 e. The van der Waals surface area contributed by atoms with E-state index in [9.17, 15) is 18.0 Å². The van der Waals surface area contributed by atoms with Crippen LogP contribution in [0.25, 0.3) is 6.08 Å². The molecule has 0 saturated carbocycles. The molecule has 0 spiro atoms. The van der Waals surface area contributed by atoms with Crippen molar-refractivity contribution < 1.29 is 18.0 Å². The topological polar surface area (TPSA) is 29.1 Å². The van der Waals surface area contributed by atoms with Crippen LogP contribution in [0.3, 0.4) is 0 Å². The maximum atomic E-state index is 12.7. The van der Waals surface area contributed by atoms with Crippen molar-refractivity contribution in [2.75, 3.05) is 5.32 Å². The number of alkyl halides is 3. The van der Waals surface area contributed by atoms with Gasteiger partial charge in [-0.05, 0) is 36.4 Å². The molecule has 0 saturated heterocycles. The predicted octanol–water partition coefficient (Wildman–Crippen LogP) is 6.32. The molecule has 1 N–H and O–H groups in total. The van der Waals surface area contributed by atoms with Gasteiger partial charge in [0.15, 0.2) is 0 Å².